The molecule has 29 heavy (non-hydrogen) atoms. The van der Waals surface area contributed by atoms with Gasteiger partial charge in [0.25, 0.3) is 0 Å². The van der Waals surface area contributed by atoms with E-state index in [9.17, 15) is 4.79 Å². The summed E-state index contributed by atoms with van der Waals surface area (Å²) in [6, 6.07) is 14.7. The number of methoxy groups -OCH3 is 3. The van der Waals surface area contributed by atoms with Gasteiger partial charge in [-0.3, -0.25) is 10.1 Å². The minimum Gasteiger partial charge on any atom is -0.497 e. The number of carbonyl (C=O) groups excluding carboxylic acids is 1. The van der Waals surface area contributed by atoms with E-state index in [0.717, 1.165) is 22.6 Å². The summed E-state index contributed by atoms with van der Waals surface area (Å²) in [7, 11) is 6.09. The normalized spacial score (nSPS) is 12.8. The zero-order valence-electron chi connectivity index (χ0n) is 17.3. The van der Waals surface area contributed by atoms with Crippen molar-refractivity contribution in [2.45, 2.75) is 24.9 Å². The van der Waals surface area contributed by atoms with E-state index >= 15 is 0 Å². The molecule has 1 N–H and O–H groups in total. The molecule has 0 saturated heterocycles. The van der Waals surface area contributed by atoms with E-state index in [2.05, 4.69) is 5.32 Å². The Balaban J connectivity index is 2.11. The molecule has 0 aliphatic rings. The van der Waals surface area contributed by atoms with Gasteiger partial charge in [-0.25, -0.2) is 9.78 Å². The standard InChI is InChI=1S/C22H29NO6/c1-25-19-9-5-16(6-10-19)13-18(15-29-28-4)23-21(22(24)27-3)14-17-7-11-20(26-2)12-8-17/h5-12,18,21,23H,13-15H2,1-4H3. The Morgan fingerprint density at radius 3 is 1.79 bits per heavy atom. The lowest BCUT2D eigenvalue weighted by atomic mass is 10.0. The van der Waals surface area contributed by atoms with Crippen LogP contribution in [0.3, 0.4) is 0 Å². The van der Waals surface area contributed by atoms with Gasteiger partial charge in [-0.2, -0.15) is 0 Å². The molecule has 0 heterocycles. The number of hydrogen-bond acceptors (Lipinski definition) is 7. The summed E-state index contributed by atoms with van der Waals surface area (Å²) >= 11 is 0. The third-order valence-corrected chi connectivity index (χ3v) is 4.55. The van der Waals surface area contributed by atoms with E-state index in [1.165, 1.54) is 14.2 Å². The van der Waals surface area contributed by atoms with Gasteiger partial charge in [0.1, 0.15) is 17.5 Å². The Hall–Kier alpha value is -2.61. The summed E-state index contributed by atoms with van der Waals surface area (Å²) in [6.45, 7) is 0.276. The molecule has 158 valence electrons. The predicted octanol–water partition coefficient (Wildman–Crippen LogP) is 2.57. The first kappa shape index (κ1) is 22.7. The molecule has 0 radical (unpaired) electrons. The van der Waals surface area contributed by atoms with E-state index in [0.29, 0.717) is 12.8 Å². The van der Waals surface area contributed by atoms with Crippen LogP contribution in [-0.2, 0) is 32.1 Å². The third kappa shape index (κ3) is 7.38. The van der Waals surface area contributed by atoms with Crippen molar-refractivity contribution >= 4 is 5.97 Å². The quantitative estimate of drug-likeness (QED) is 0.332. The molecule has 0 spiro atoms. The molecule has 2 atom stereocenters. The van der Waals surface area contributed by atoms with Crippen LogP contribution in [0.25, 0.3) is 0 Å². The molecule has 2 aromatic rings. The SMILES string of the molecule is COOCC(Cc1ccc(OC)cc1)NC(Cc1ccc(OC)cc1)C(=O)OC. The zero-order valence-corrected chi connectivity index (χ0v) is 17.3. The molecule has 2 unspecified atom stereocenters. The number of nitrogens with one attached hydrogen (secondary N) is 1. The number of esters is 1. The first-order chi connectivity index (χ1) is 14.1. The fourth-order valence-corrected chi connectivity index (χ4v) is 3.00. The first-order valence-electron chi connectivity index (χ1n) is 9.35. The molecule has 2 aromatic carbocycles. The number of benzene rings is 2. The molecule has 7 heteroatoms. The van der Waals surface area contributed by atoms with E-state index < -0.39 is 6.04 Å². The predicted molar refractivity (Wildman–Crippen MR) is 109 cm³/mol. The van der Waals surface area contributed by atoms with Crippen molar-refractivity contribution in [2.75, 3.05) is 35.0 Å². The Kier molecular flexibility index (Phi) is 9.43. The molecule has 0 saturated carbocycles. The Morgan fingerprint density at radius 2 is 1.34 bits per heavy atom. The van der Waals surface area contributed by atoms with Crippen LogP contribution in [0.2, 0.25) is 0 Å². The Bertz CT molecular complexity index is 732. The van der Waals surface area contributed by atoms with Crippen molar-refractivity contribution in [1.82, 2.24) is 5.32 Å². The second-order valence-electron chi connectivity index (χ2n) is 6.49. The third-order valence-electron chi connectivity index (χ3n) is 4.55. The van der Waals surface area contributed by atoms with Crippen molar-refractivity contribution in [1.29, 1.82) is 0 Å². The van der Waals surface area contributed by atoms with Gasteiger partial charge in [0, 0.05) is 6.04 Å². The smallest absolute Gasteiger partial charge is 0.323 e. The van der Waals surface area contributed by atoms with E-state index in [4.69, 9.17) is 24.0 Å². The van der Waals surface area contributed by atoms with Gasteiger partial charge >= 0.3 is 5.97 Å². The number of carbonyl (C=O) groups is 1. The number of ether oxygens (including phenoxy) is 3. The molecule has 0 aliphatic heterocycles. The molecule has 2 rings (SSSR count). The molecule has 0 aromatic heterocycles. The summed E-state index contributed by atoms with van der Waals surface area (Å²) in [5.41, 5.74) is 2.07. The van der Waals surface area contributed by atoms with Gasteiger partial charge in [0.2, 0.25) is 0 Å². The second-order valence-corrected chi connectivity index (χ2v) is 6.49. The molecule has 0 aliphatic carbocycles. The summed E-state index contributed by atoms with van der Waals surface area (Å²) in [4.78, 5) is 22.3. The largest absolute Gasteiger partial charge is 0.497 e. The van der Waals surface area contributed by atoms with Gasteiger partial charge in [0.05, 0.1) is 35.0 Å². The van der Waals surface area contributed by atoms with Gasteiger partial charge < -0.3 is 14.2 Å². The fraction of sp³-hybridized carbons (Fsp3) is 0.409. The minimum atomic E-state index is -0.530. The van der Waals surface area contributed by atoms with Crippen molar-refractivity contribution < 1.29 is 28.8 Å². The maximum Gasteiger partial charge on any atom is 0.323 e. The highest BCUT2D eigenvalue weighted by molar-refractivity contribution is 5.76. The van der Waals surface area contributed by atoms with Crippen LogP contribution in [0.5, 0.6) is 11.5 Å². The minimum absolute atomic E-state index is 0.161. The number of rotatable bonds is 12. The van der Waals surface area contributed by atoms with Crippen LogP contribution in [0.1, 0.15) is 11.1 Å². The van der Waals surface area contributed by atoms with Crippen LogP contribution in [-0.4, -0.2) is 53.1 Å². The van der Waals surface area contributed by atoms with Crippen molar-refractivity contribution in [3.05, 3.63) is 59.7 Å². The molecule has 0 fully saturated rings. The van der Waals surface area contributed by atoms with Gasteiger partial charge in [0.15, 0.2) is 0 Å². The van der Waals surface area contributed by atoms with E-state index in [1.54, 1.807) is 14.2 Å². The van der Waals surface area contributed by atoms with Gasteiger partial charge in [-0.1, -0.05) is 24.3 Å². The fourth-order valence-electron chi connectivity index (χ4n) is 3.00. The van der Waals surface area contributed by atoms with Crippen molar-refractivity contribution in [2.24, 2.45) is 0 Å². The van der Waals surface area contributed by atoms with E-state index in [1.807, 2.05) is 48.5 Å². The molecule has 0 amide bonds. The summed E-state index contributed by atoms with van der Waals surface area (Å²) in [6.07, 6.45) is 1.12. The average molecular weight is 403 g/mol. The maximum atomic E-state index is 12.4. The van der Waals surface area contributed by atoms with Crippen LogP contribution in [0.4, 0.5) is 0 Å². The molecule has 0 bridgehead atoms. The topological polar surface area (TPSA) is 75.3 Å². The summed E-state index contributed by atoms with van der Waals surface area (Å²) in [5, 5.41) is 3.35. The van der Waals surface area contributed by atoms with Crippen LogP contribution in [0, 0.1) is 0 Å². The van der Waals surface area contributed by atoms with Crippen LogP contribution in [0.15, 0.2) is 48.5 Å². The lowest BCUT2D eigenvalue weighted by Gasteiger charge is -2.24. The number of hydrogen-bond donors (Lipinski definition) is 1. The highest BCUT2D eigenvalue weighted by atomic mass is 17.2. The highest BCUT2D eigenvalue weighted by Gasteiger charge is 2.24. The zero-order chi connectivity index (χ0) is 21.1. The second kappa shape index (κ2) is 12.1. The van der Waals surface area contributed by atoms with Crippen LogP contribution < -0.4 is 14.8 Å². The molecular formula is C22H29NO6. The monoisotopic (exact) mass is 403 g/mol. The Labute approximate surface area is 171 Å². The highest BCUT2D eigenvalue weighted by Crippen LogP contribution is 2.15. The lowest BCUT2D eigenvalue weighted by Crippen LogP contribution is -2.48. The lowest BCUT2D eigenvalue weighted by molar-refractivity contribution is -0.276. The maximum absolute atomic E-state index is 12.4. The van der Waals surface area contributed by atoms with Crippen molar-refractivity contribution in [3.63, 3.8) is 0 Å². The molecule has 7 nitrogen and oxygen atoms in total. The van der Waals surface area contributed by atoms with Crippen molar-refractivity contribution in [3.8, 4) is 11.5 Å². The Morgan fingerprint density at radius 1 is 0.828 bits per heavy atom. The van der Waals surface area contributed by atoms with Gasteiger partial charge in [-0.05, 0) is 48.2 Å². The average Bonchev–Trinajstić information content (AvgIpc) is 2.77. The summed E-state index contributed by atoms with van der Waals surface area (Å²) in [5.74, 6) is 1.22. The van der Waals surface area contributed by atoms with Gasteiger partial charge in [-0.15, -0.1) is 0 Å². The van der Waals surface area contributed by atoms with E-state index in [-0.39, 0.29) is 18.6 Å². The first-order valence-corrected chi connectivity index (χ1v) is 9.35. The molecular weight excluding hydrogens is 374 g/mol. The van der Waals surface area contributed by atoms with Crippen LogP contribution >= 0.6 is 0 Å². The summed E-state index contributed by atoms with van der Waals surface area (Å²) < 4.78 is 15.4.